The van der Waals surface area contributed by atoms with Crippen LogP contribution in [0.1, 0.15) is 38.5 Å². The van der Waals surface area contributed by atoms with E-state index in [0.29, 0.717) is 16.5 Å². The molecule has 1 aromatic carbocycles. The summed E-state index contributed by atoms with van der Waals surface area (Å²) in [6.07, 6.45) is 6.26. The number of halogens is 1. The molecule has 0 saturated heterocycles. The fourth-order valence-electron chi connectivity index (χ4n) is 3.17. The molecule has 1 amide bonds. The van der Waals surface area contributed by atoms with E-state index in [1.807, 2.05) is 0 Å². The maximum atomic E-state index is 12.2. The molecule has 1 fully saturated rings. The molecule has 0 atom stereocenters. The number of carbonyl (C=O) groups is 1. The Morgan fingerprint density at radius 2 is 2.00 bits per heavy atom. The van der Waals surface area contributed by atoms with E-state index < -0.39 is 10.0 Å². The smallest absolute Gasteiger partial charge is 0.225 e. The average molecular weight is 389 g/mol. The summed E-state index contributed by atoms with van der Waals surface area (Å²) in [6, 6.07) is 4.97. The molecule has 1 aromatic rings. The second-order valence-electron chi connectivity index (χ2n) is 6.31. The van der Waals surface area contributed by atoms with E-state index in [4.69, 9.17) is 16.3 Å². The number of hydrogen-bond acceptors (Lipinski definition) is 4. The second-order valence-corrected chi connectivity index (χ2v) is 8.66. The van der Waals surface area contributed by atoms with Gasteiger partial charge in [0.15, 0.2) is 0 Å². The summed E-state index contributed by atoms with van der Waals surface area (Å²) in [5.41, 5.74) is 0.555. The standard InChI is InChI=1S/C17H25ClN2O4S/c1-24-16-9-8-13(12-15(16)18)19-17(21)10-11-20(25(2,22)23)14-6-4-3-5-7-14/h8-9,12,14H,3-7,10-11H2,1-2H3,(H,19,21). The van der Waals surface area contributed by atoms with Gasteiger partial charge in [-0.25, -0.2) is 8.42 Å². The first-order valence-corrected chi connectivity index (χ1v) is 10.6. The second kappa shape index (κ2) is 8.87. The minimum Gasteiger partial charge on any atom is -0.495 e. The lowest BCUT2D eigenvalue weighted by atomic mass is 9.95. The summed E-state index contributed by atoms with van der Waals surface area (Å²) in [7, 11) is -1.81. The van der Waals surface area contributed by atoms with Crippen molar-refractivity contribution in [2.45, 2.75) is 44.6 Å². The summed E-state index contributed by atoms with van der Waals surface area (Å²) in [5, 5.41) is 3.15. The quantitative estimate of drug-likeness (QED) is 0.777. The fourth-order valence-corrected chi connectivity index (χ4v) is 4.60. The summed E-state index contributed by atoms with van der Waals surface area (Å²) in [4.78, 5) is 12.2. The molecular weight excluding hydrogens is 364 g/mol. The Balaban J connectivity index is 1.95. The van der Waals surface area contributed by atoms with Crippen molar-refractivity contribution in [3.05, 3.63) is 23.2 Å². The molecule has 140 valence electrons. The fraction of sp³-hybridized carbons (Fsp3) is 0.588. The molecule has 0 radical (unpaired) electrons. The molecule has 25 heavy (non-hydrogen) atoms. The minimum atomic E-state index is -3.33. The van der Waals surface area contributed by atoms with Gasteiger partial charge in [-0.15, -0.1) is 0 Å². The van der Waals surface area contributed by atoms with Gasteiger partial charge in [0.2, 0.25) is 15.9 Å². The Morgan fingerprint density at radius 1 is 1.32 bits per heavy atom. The summed E-state index contributed by atoms with van der Waals surface area (Å²) in [6.45, 7) is 0.194. The van der Waals surface area contributed by atoms with Gasteiger partial charge < -0.3 is 10.1 Å². The molecule has 1 N–H and O–H groups in total. The Morgan fingerprint density at radius 3 is 2.56 bits per heavy atom. The first-order chi connectivity index (χ1) is 11.8. The zero-order chi connectivity index (χ0) is 18.4. The highest BCUT2D eigenvalue weighted by atomic mass is 35.5. The van der Waals surface area contributed by atoms with Gasteiger partial charge in [-0.05, 0) is 31.0 Å². The summed E-state index contributed by atoms with van der Waals surface area (Å²) >= 11 is 6.04. The zero-order valence-corrected chi connectivity index (χ0v) is 16.2. The first-order valence-electron chi connectivity index (χ1n) is 8.41. The number of anilines is 1. The lowest BCUT2D eigenvalue weighted by Gasteiger charge is -2.32. The van der Waals surface area contributed by atoms with E-state index in [-0.39, 0.29) is 24.9 Å². The van der Waals surface area contributed by atoms with Gasteiger partial charge in [0.1, 0.15) is 5.75 Å². The van der Waals surface area contributed by atoms with Crippen molar-refractivity contribution in [1.82, 2.24) is 4.31 Å². The third kappa shape index (κ3) is 5.87. The number of nitrogens with one attached hydrogen (secondary N) is 1. The predicted octanol–water partition coefficient (Wildman–Crippen LogP) is 3.27. The van der Waals surface area contributed by atoms with Crippen LogP contribution in [-0.2, 0) is 14.8 Å². The SMILES string of the molecule is COc1ccc(NC(=O)CCN(C2CCCCC2)S(C)(=O)=O)cc1Cl. The van der Waals surface area contributed by atoms with Crippen LogP contribution in [0.25, 0.3) is 0 Å². The minimum absolute atomic E-state index is 0.00646. The van der Waals surface area contributed by atoms with E-state index >= 15 is 0 Å². The van der Waals surface area contributed by atoms with Gasteiger partial charge in [-0.1, -0.05) is 30.9 Å². The Hall–Kier alpha value is -1.31. The van der Waals surface area contributed by atoms with Gasteiger partial charge in [0.25, 0.3) is 0 Å². The summed E-state index contributed by atoms with van der Waals surface area (Å²) in [5.74, 6) is 0.283. The molecule has 8 heteroatoms. The van der Waals surface area contributed by atoms with Crippen LogP contribution in [0.4, 0.5) is 5.69 Å². The van der Waals surface area contributed by atoms with Crippen molar-refractivity contribution in [3.8, 4) is 5.75 Å². The number of benzene rings is 1. The number of methoxy groups -OCH3 is 1. The number of rotatable bonds is 7. The van der Waals surface area contributed by atoms with Gasteiger partial charge in [-0.3, -0.25) is 4.79 Å². The van der Waals surface area contributed by atoms with E-state index in [2.05, 4.69) is 5.32 Å². The molecule has 1 saturated carbocycles. The normalized spacial score (nSPS) is 16.0. The summed E-state index contributed by atoms with van der Waals surface area (Å²) < 4.78 is 30.7. The molecule has 0 unspecified atom stereocenters. The van der Waals surface area contributed by atoms with Crippen LogP contribution < -0.4 is 10.1 Å². The number of amides is 1. The Labute approximate surface area is 154 Å². The number of nitrogens with zero attached hydrogens (tertiary/aromatic N) is 1. The highest BCUT2D eigenvalue weighted by Crippen LogP contribution is 2.27. The van der Waals surface area contributed by atoms with Crippen molar-refractivity contribution >= 4 is 33.2 Å². The molecule has 0 bridgehead atoms. The number of hydrogen-bond donors (Lipinski definition) is 1. The molecule has 1 aliphatic carbocycles. The van der Waals surface area contributed by atoms with Gasteiger partial charge >= 0.3 is 0 Å². The van der Waals surface area contributed by atoms with Crippen molar-refractivity contribution < 1.29 is 17.9 Å². The molecular formula is C17H25ClN2O4S. The molecule has 1 aliphatic rings. The zero-order valence-electron chi connectivity index (χ0n) is 14.6. The Kier molecular flexibility index (Phi) is 7.10. The highest BCUT2D eigenvalue weighted by molar-refractivity contribution is 7.88. The van der Waals surface area contributed by atoms with E-state index in [9.17, 15) is 13.2 Å². The largest absolute Gasteiger partial charge is 0.495 e. The Bertz CT molecular complexity index is 703. The van der Waals surface area contributed by atoms with Crippen LogP contribution in [0, 0.1) is 0 Å². The van der Waals surface area contributed by atoms with E-state index in [1.54, 1.807) is 18.2 Å². The third-order valence-electron chi connectivity index (χ3n) is 4.40. The third-order valence-corrected chi connectivity index (χ3v) is 6.03. The van der Waals surface area contributed by atoms with Gasteiger partial charge in [0, 0.05) is 24.7 Å². The maximum Gasteiger partial charge on any atom is 0.225 e. The average Bonchev–Trinajstić information content (AvgIpc) is 2.55. The first kappa shape index (κ1) is 20.0. The number of ether oxygens (including phenoxy) is 1. The molecule has 0 heterocycles. The van der Waals surface area contributed by atoms with Crippen molar-refractivity contribution in [2.24, 2.45) is 0 Å². The van der Waals surface area contributed by atoms with Crippen LogP contribution in [0.3, 0.4) is 0 Å². The van der Waals surface area contributed by atoms with Crippen molar-refractivity contribution in [1.29, 1.82) is 0 Å². The number of carbonyl (C=O) groups excluding carboxylic acids is 1. The highest BCUT2D eigenvalue weighted by Gasteiger charge is 2.28. The van der Waals surface area contributed by atoms with Crippen molar-refractivity contribution in [2.75, 3.05) is 25.2 Å². The molecule has 2 rings (SSSR count). The van der Waals surface area contributed by atoms with Crippen molar-refractivity contribution in [3.63, 3.8) is 0 Å². The van der Waals surface area contributed by atoms with Crippen LogP contribution in [-0.4, -0.2) is 44.6 Å². The van der Waals surface area contributed by atoms with Gasteiger partial charge in [-0.2, -0.15) is 4.31 Å². The lowest BCUT2D eigenvalue weighted by Crippen LogP contribution is -2.42. The lowest BCUT2D eigenvalue weighted by molar-refractivity contribution is -0.116. The van der Waals surface area contributed by atoms with Gasteiger partial charge in [0.05, 0.1) is 18.4 Å². The van der Waals surface area contributed by atoms with Crippen LogP contribution in [0.2, 0.25) is 5.02 Å². The number of sulfonamides is 1. The topological polar surface area (TPSA) is 75.7 Å². The van der Waals surface area contributed by atoms with Crippen LogP contribution in [0.15, 0.2) is 18.2 Å². The molecule has 6 nitrogen and oxygen atoms in total. The monoisotopic (exact) mass is 388 g/mol. The molecule has 0 aromatic heterocycles. The molecule has 0 aliphatic heterocycles. The van der Waals surface area contributed by atoms with Crippen LogP contribution in [0.5, 0.6) is 5.75 Å². The predicted molar refractivity (Wildman–Crippen MR) is 99.7 cm³/mol. The van der Waals surface area contributed by atoms with E-state index in [0.717, 1.165) is 32.1 Å². The molecule has 0 spiro atoms. The van der Waals surface area contributed by atoms with E-state index in [1.165, 1.54) is 17.7 Å². The maximum absolute atomic E-state index is 12.2. The van der Waals surface area contributed by atoms with Crippen LogP contribution >= 0.6 is 11.6 Å².